The quantitative estimate of drug-likeness (QED) is 0.844. The molecule has 0 saturated carbocycles. The first-order valence-electron chi connectivity index (χ1n) is 7.62. The van der Waals surface area contributed by atoms with Crippen LogP contribution in [0, 0.1) is 6.92 Å². The van der Waals surface area contributed by atoms with Crippen molar-refractivity contribution >= 4 is 0 Å². The molecule has 2 N–H and O–H groups in total. The van der Waals surface area contributed by atoms with E-state index in [1.165, 1.54) is 16.7 Å². The molecule has 2 nitrogen and oxygen atoms in total. The average molecular weight is 283 g/mol. The molecular weight excluding hydrogens is 258 g/mol. The average Bonchev–Trinajstić information content (AvgIpc) is 2.46. The molecule has 0 amide bonds. The zero-order chi connectivity index (χ0) is 15.2. The van der Waals surface area contributed by atoms with Crippen molar-refractivity contribution in [3.63, 3.8) is 0 Å². The summed E-state index contributed by atoms with van der Waals surface area (Å²) in [5.74, 6) is 0. The van der Waals surface area contributed by atoms with Crippen molar-refractivity contribution in [3.05, 3.63) is 71.3 Å². The lowest BCUT2D eigenvalue weighted by molar-refractivity contribution is 0.169. The van der Waals surface area contributed by atoms with Gasteiger partial charge in [-0.1, -0.05) is 54.6 Å². The second kappa shape index (κ2) is 7.39. The minimum Gasteiger partial charge on any atom is -0.393 e. The van der Waals surface area contributed by atoms with Gasteiger partial charge in [0.25, 0.3) is 0 Å². The molecule has 0 radical (unpaired) electrons. The number of aliphatic hydroxyl groups is 1. The number of nitrogens with one attached hydrogen (secondary N) is 1. The van der Waals surface area contributed by atoms with Crippen molar-refractivity contribution in [3.8, 4) is 0 Å². The van der Waals surface area contributed by atoms with Crippen molar-refractivity contribution < 1.29 is 5.11 Å². The molecule has 2 aromatic rings. The normalized spacial score (nSPS) is 15.4. The maximum absolute atomic E-state index is 9.59. The zero-order valence-corrected chi connectivity index (χ0v) is 13.1. The summed E-state index contributed by atoms with van der Waals surface area (Å²) in [5.41, 5.74) is 3.83. The first kappa shape index (κ1) is 15.7. The number of benzene rings is 2. The minimum absolute atomic E-state index is 0.154. The second-order valence-electron chi connectivity index (χ2n) is 5.85. The molecule has 2 aromatic carbocycles. The fraction of sp³-hybridized carbons (Fsp3) is 0.368. The molecule has 21 heavy (non-hydrogen) atoms. The van der Waals surface area contributed by atoms with E-state index in [1.807, 2.05) is 13.0 Å². The van der Waals surface area contributed by atoms with Crippen LogP contribution in [0.4, 0.5) is 0 Å². The first-order chi connectivity index (χ1) is 10.1. The number of hydrogen-bond acceptors (Lipinski definition) is 2. The standard InChI is InChI=1S/C19H25NO/c1-14-9-7-8-12-18(14)19(17-10-5-4-6-11-17)20-15(2)13-16(3)21/h4-12,15-16,19-21H,13H2,1-3H3. The predicted molar refractivity (Wildman–Crippen MR) is 88.4 cm³/mol. The Balaban J connectivity index is 2.30. The summed E-state index contributed by atoms with van der Waals surface area (Å²) in [5, 5.41) is 13.3. The van der Waals surface area contributed by atoms with Crippen LogP contribution in [0.15, 0.2) is 54.6 Å². The molecule has 112 valence electrons. The van der Waals surface area contributed by atoms with Gasteiger partial charge in [0.2, 0.25) is 0 Å². The van der Waals surface area contributed by atoms with Crippen molar-refractivity contribution in [1.29, 1.82) is 0 Å². The number of aryl methyl sites for hydroxylation is 1. The molecule has 2 rings (SSSR count). The van der Waals surface area contributed by atoms with E-state index in [2.05, 4.69) is 67.7 Å². The summed E-state index contributed by atoms with van der Waals surface area (Å²) in [6.45, 7) is 6.11. The lowest BCUT2D eigenvalue weighted by Gasteiger charge is -2.26. The van der Waals surface area contributed by atoms with E-state index in [9.17, 15) is 5.11 Å². The van der Waals surface area contributed by atoms with E-state index in [-0.39, 0.29) is 18.2 Å². The Hall–Kier alpha value is -1.64. The summed E-state index contributed by atoms with van der Waals surface area (Å²) >= 11 is 0. The molecular formula is C19H25NO. The molecule has 0 aliphatic heterocycles. The lowest BCUT2D eigenvalue weighted by atomic mass is 9.94. The van der Waals surface area contributed by atoms with Gasteiger partial charge in [-0.25, -0.2) is 0 Å². The highest BCUT2D eigenvalue weighted by molar-refractivity contribution is 5.36. The van der Waals surface area contributed by atoms with Crippen LogP contribution in [0.5, 0.6) is 0 Å². The van der Waals surface area contributed by atoms with Crippen LogP contribution in [-0.2, 0) is 0 Å². The highest BCUT2D eigenvalue weighted by Crippen LogP contribution is 2.25. The zero-order valence-electron chi connectivity index (χ0n) is 13.1. The Morgan fingerprint density at radius 2 is 1.57 bits per heavy atom. The van der Waals surface area contributed by atoms with Crippen LogP contribution in [0.2, 0.25) is 0 Å². The van der Waals surface area contributed by atoms with Gasteiger partial charge < -0.3 is 10.4 Å². The predicted octanol–water partition coefficient (Wildman–Crippen LogP) is 3.83. The highest BCUT2D eigenvalue weighted by atomic mass is 16.3. The maximum atomic E-state index is 9.59. The number of hydrogen-bond donors (Lipinski definition) is 2. The molecule has 3 unspecified atom stereocenters. The molecule has 0 fully saturated rings. The van der Waals surface area contributed by atoms with Gasteiger partial charge in [-0.2, -0.15) is 0 Å². The fourth-order valence-electron chi connectivity index (χ4n) is 2.79. The third kappa shape index (κ3) is 4.42. The van der Waals surface area contributed by atoms with Crippen molar-refractivity contribution in [2.45, 2.75) is 45.4 Å². The molecule has 0 spiro atoms. The van der Waals surface area contributed by atoms with Crippen LogP contribution in [-0.4, -0.2) is 17.3 Å². The summed E-state index contributed by atoms with van der Waals surface area (Å²) < 4.78 is 0. The van der Waals surface area contributed by atoms with E-state index >= 15 is 0 Å². The Morgan fingerprint density at radius 3 is 2.19 bits per heavy atom. The molecule has 0 bridgehead atoms. The van der Waals surface area contributed by atoms with Gasteiger partial charge >= 0.3 is 0 Å². The molecule has 0 heterocycles. The van der Waals surface area contributed by atoms with E-state index in [0.717, 1.165) is 6.42 Å². The smallest absolute Gasteiger partial charge is 0.0581 e. The molecule has 2 heteroatoms. The van der Waals surface area contributed by atoms with Crippen molar-refractivity contribution in [2.75, 3.05) is 0 Å². The van der Waals surface area contributed by atoms with E-state index in [1.54, 1.807) is 0 Å². The summed E-state index contributed by atoms with van der Waals surface area (Å²) in [4.78, 5) is 0. The van der Waals surface area contributed by atoms with Crippen LogP contribution in [0.3, 0.4) is 0 Å². The number of rotatable bonds is 6. The van der Waals surface area contributed by atoms with Gasteiger partial charge in [0.15, 0.2) is 0 Å². The second-order valence-corrected chi connectivity index (χ2v) is 5.85. The van der Waals surface area contributed by atoms with Gasteiger partial charge in [-0.3, -0.25) is 0 Å². The number of aliphatic hydroxyl groups excluding tert-OH is 1. The van der Waals surface area contributed by atoms with Crippen LogP contribution in [0.25, 0.3) is 0 Å². The Labute approximate surface area is 127 Å². The van der Waals surface area contributed by atoms with Crippen molar-refractivity contribution in [2.24, 2.45) is 0 Å². The lowest BCUT2D eigenvalue weighted by Crippen LogP contribution is -2.33. The van der Waals surface area contributed by atoms with Gasteiger partial charge in [0, 0.05) is 6.04 Å². The molecule has 0 saturated heterocycles. The third-order valence-electron chi connectivity index (χ3n) is 3.78. The van der Waals surface area contributed by atoms with E-state index in [0.29, 0.717) is 0 Å². The SMILES string of the molecule is Cc1ccccc1C(NC(C)CC(C)O)c1ccccc1. The van der Waals surface area contributed by atoms with E-state index < -0.39 is 0 Å². The van der Waals surface area contributed by atoms with Crippen molar-refractivity contribution in [1.82, 2.24) is 5.32 Å². The highest BCUT2D eigenvalue weighted by Gasteiger charge is 2.18. The maximum Gasteiger partial charge on any atom is 0.0581 e. The molecule has 3 atom stereocenters. The first-order valence-corrected chi connectivity index (χ1v) is 7.62. The third-order valence-corrected chi connectivity index (χ3v) is 3.78. The molecule has 0 aliphatic carbocycles. The van der Waals surface area contributed by atoms with Gasteiger partial charge in [0.1, 0.15) is 0 Å². The van der Waals surface area contributed by atoms with Gasteiger partial charge in [0.05, 0.1) is 12.1 Å². The fourth-order valence-corrected chi connectivity index (χ4v) is 2.79. The van der Waals surface area contributed by atoms with Gasteiger partial charge in [-0.15, -0.1) is 0 Å². The Bertz CT molecular complexity index is 551. The summed E-state index contributed by atoms with van der Waals surface area (Å²) in [6, 6.07) is 19.4. The van der Waals surface area contributed by atoms with E-state index in [4.69, 9.17) is 0 Å². The summed E-state index contributed by atoms with van der Waals surface area (Å²) in [7, 11) is 0. The summed E-state index contributed by atoms with van der Waals surface area (Å²) in [6.07, 6.45) is 0.454. The monoisotopic (exact) mass is 283 g/mol. The minimum atomic E-state index is -0.291. The Kier molecular flexibility index (Phi) is 5.54. The molecule has 0 aromatic heterocycles. The Morgan fingerprint density at radius 1 is 0.952 bits per heavy atom. The van der Waals surface area contributed by atoms with Crippen LogP contribution < -0.4 is 5.32 Å². The largest absolute Gasteiger partial charge is 0.393 e. The van der Waals surface area contributed by atoms with Gasteiger partial charge in [-0.05, 0) is 43.9 Å². The van der Waals surface area contributed by atoms with Crippen LogP contribution >= 0.6 is 0 Å². The molecule has 0 aliphatic rings. The van der Waals surface area contributed by atoms with Crippen LogP contribution in [0.1, 0.15) is 43.0 Å². The topological polar surface area (TPSA) is 32.3 Å².